The van der Waals surface area contributed by atoms with Crippen molar-refractivity contribution in [2.24, 2.45) is 5.92 Å². The molecule has 3 aliphatic rings. The number of para-hydroxylation sites is 1. The van der Waals surface area contributed by atoms with Gasteiger partial charge in [0.2, 0.25) is 5.91 Å². The Kier molecular flexibility index (Phi) is 5.97. The van der Waals surface area contributed by atoms with Crippen LogP contribution in [0.1, 0.15) is 43.4 Å². The van der Waals surface area contributed by atoms with E-state index < -0.39 is 23.4 Å². The zero-order valence-corrected chi connectivity index (χ0v) is 23.1. The maximum atomic E-state index is 14.8. The topological polar surface area (TPSA) is 84.9 Å². The molecule has 0 aromatic heterocycles. The van der Waals surface area contributed by atoms with E-state index in [2.05, 4.69) is 5.32 Å². The van der Waals surface area contributed by atoms with E-state index in [4.69, 9.17) is 9.47 Å². The molecule has 0 saturated carbocycles. The second kappa shape index (κ2) is 9.73. The molecule has 4 atom stereocenters. The SMILES string of the molecule is COc1ccc(C(=O)[C@@H]2[C@H](C(=O)c3ccccc3)[C@]3(C(=O)Nc4ccccc43)[C@H]3c4ccccc4C=CN23)cc1OC. The van der Waals surface area contributed by atoms with E-state index in [0.29, 0.717) is 33.9 Å². The lowest BCUT2D eigenvalue weighted by Gasteiger charge is -2.38. The van der Waals surface area contributed by atoms with Gasteiger partial charge in [-0.15, -0.1) is 0 Å². The Labute approximate surface area is 243 Å². The van der Waals surface area contributed by atoms with Gasteiger partial charge < -0.3 is 19.7 Å². The van der Waals surface area contributed by atoms with Crippen molar-refractivity contribution in [3.63, 3.8) is 0 Å². The number of nitrogens with one attached hydrogen (secondary N) is 1. The third-order valence-electron chi connectivity index (χ3n) is 8.85. The standard InChI is InChI=1S/C35H28N2O5/c1-41-27-17-16-23(20-28(27)42-2)32(39)30-29(31(38)22-11-4-3-5-12-22)35(25-14-8-9-15-26(25)36-34(35)40)33-24-13-7-6-10-21(24)18-19-37(30)33/h3-20,29-30,33H,1-2H3,(H,36,40)/t29-,30+,33-,35+/m1/s1. The van der Waals surface area contributed by atoms with Gasteiger partial charge in [-0.25, -0.2) is 0 Å². The first-order chi connectivity index (χ1) is 20.5. The van der Waals surface area contributed by atoms with Crippen LogP contribution < -0.4 is 14.8 Å². The highest BCUT2D eigenvalue weighted by atomic mass is 16.5. The van der Waals surface area contributed by atoms with E-state index in [0.717, 1.165) is 11.1 Å². The van der Waals surface area contributed by atoms with Crippen molar-refractivity contribution in [2.45, 2.75) is 17.5 Å². The Hall–Kier alpha value is -5.17. The van der Waals surface area contributed by atoms with Gasteiger partial charge in [0.05, 0.1) is 26.2 Å². The fourth-order valence-corrected chi connectivity index (χ4v) is 7.11. The fourth-order valence-electron chi connectivity index (χ4n) is 7.11. The lowest BCUT2D eigenvalue weighted by atomic mass is 9.62. The number of anilines is 1. The highest BCUT2D eigenvalue weighted by molar-refractivity contribution is 6.16. The summed E-state index contributed by atoms with van der Waals surface area (Å²) in [4.78, 5) is 45.9. The molecule has 1 amide bonds. The first-order valence-electron chi connectivity index (χ1n) is 13.8. The van der Waals surface area contributed by atoms with Crippen molar-refractivity contribution < 1.29 is 23.9 Å². The van der Waals surface area contributed by atoms with Gasteiger partial charge in [-0.3, -0.25) is 14.4 Å². The summed E-state index contributed by atoms with van der Waals surface area (Å²) < 4.78 is 10.9. The molecule has 0 bridgehead atoms. The first-order valence-corrected chi connectivity index (χ1v) is 13.8. The van der Waals surface area contributed by atoms with E-state index in [1.807, 2.05) is 71.8 Å². The van der Waals surface area contributed by atoms with Crippen LogP contribution in [0.2, 0.25) is 0 Å². The van der Waals surface area contributed by atoms with Gasteiger partial charge >= 0.3 is 0 Å². The molecule has 7 rings (SSSR count). The normalized spacial score (nSPS) is 23.1. The molecule has 1 fully saturated rings. The average Bonchev–Trinajstić information content (AvgIpc) is 3.52. The summed E-state index contributed by atoms with van der Waals surface area (Å²) in [7, 11) is 3.05. The number of hydrogen-bond donors (Lipinski definition) is 1. The fraction of sp³-hybridized carbons (Fsp3) is 0.171. The van der Waals surface area contributed by atoms with Crippen molar-refractivity contribution in [2.75, 3.05) is 19.5 Å². The highest BCUT2D eigenvalue weighted by Gasteiger charge is 2.70. The summed E-state index contributed by atoms with van der Waals surface area (Å²) in [5.41, 5.74) is 2.63. The van der Waals surface area contributed by atoms with Crippen LogP contribution in [0, 0.1) is 5.92 Å². The van der Waals surface area contributed by atoms with Crippen LogP contribution in [0.15, 0.2) is 103 Å². The summed E-state index contributed by atoms with van der Waals surface area (Å²) in [6, 6.07) is 27.7. The summed E-state index contributed by atoms with van der Waals surface area (Å²) in [5.74, 6) is -0.981. The minimum absolute atomic E-state index is 0.262. The molecule has 3 heterocycles. The number of nitrogens with zero attached hydrogens (tertiary/aromatic N) is 1. The highest BCUT2D eigenvalue weighted by Crippen LogP contribution is 2.62. The Morgan fingerprint density at radius 1 is 0.786 bits per heavy atom. The van der Waals surface area contributed by atoms with E-state index in [1.54, 1.807) is 42.5 Å². The van der Waals surface area contributed by atoms with Gasteiger partial charge in [-0.2, -0.15) is 0 Å². The van der Waals surface area contributed by atoms with Crippen LogP contribution in [-0.4, -0.2) is 42.6 Å². The quantitative estimate of drug-likeness (QED) is 0.308. The third-order valence-corrected chi connectivity index (χ3v) is 8.85. The molecule has 0 aliphatic carbocycles. The molecule has 208 valence electrons. The molecule has 3 aliphatic heterocycles. The zero-order valence-electron chi connectivity index (χ0n) is 23.1. The Morgan fingerprint density at radius 3 is 2.29 bits per heavy atom. The van der Waals surface area contributed by atoms with Crippen LogP contribution in [0.4, 0.5) is 5.69 Å². The van der Waals surface area contributed by atoms with Crippen LogP contribution >= 0.6 is 0 Å². The number of hydrogen-bond acceptors (Lipinski definition) is 6. The summed E-state index contributed by atoms with van der Waals surface area (Å²) in [6.07, 6.45) is 3.81. The van der Waals surface area contributed by atoms with Crippen LogP contribution in [-0.2, 0) is 10.2 Å². The minimum atomic E-state index is -1.37. The molecule has 7 heteroatoms. The van der Waals surface area contributed by atoms with Gasteiger partial charge in [-0.05, 0) is 47.0 Å². The number of methoxy groups -OCH3 is 2. The minimum Gasteiger partial charge on any atom is -0.493 e. The number of benzene rings is 4. The molecule has 1 N–H and O–H groups in total. The van der Waals surface area contributed by atoms with Gasteiger partial charge in [0.1, 0.15) is 11.5 Å². The van der Waals surface area contributed by atoms with Crippen LogP contribution in [0.25, 0.3) is 6.08 Å². The predicted octanol–water partition coefficient (Wildman–Crippen LogP) is 5.69. The Balaban J connectivity index is 1.52. The maximum absolute atomic E-state index is 14.8. The van der Waals surface area contributed by atoms with Crippen molar-refractivity contribution in [3.05, 3.63) is 131 Å². The van der Waals surface area contributed by atoms with Crippen molar-refractivity contribution in [1.29, 1.82) is 0 Å². The van der Waals surface area contributed by atoms with Crippen LogP contribution in [0.5, 0.6) is 11.5 Å². The van der Waals surface area contributed by atoms with E-state index >= 15 is 0 Å². The summed E-state index contributed by atoms with van der Waals surface area (Å²) in [5, 5.41) is 3.07. The molecule has 1 saturated heterocycles. The third kappa shape index (κ3) is 3.49. The molecule has 1 spiro atoms. The van der Waals surface area contributed by atoms with Gasteiger partial charge in [0.25, 0.3) is 0 Å². The van der Waals surface area contributed by atoms with Crippen molar-refractivity contribution >= 4 is 29.2 Å². The Bertz CT molecular complexity index is 1780. The van der Waals surface area contributed by atoms with Crippen molar-refractivity contribution in [3.8, 4) is 11.5 Å². The maximum Gasteiger partial charge on any atom is 0.238 e. The monoisotopic (exact) mass is 556 g/mol. The molecular weight excluding hydrogens is 528 g/mol. The second-order valence-corrected chi connectivity index (χ2v) is 10.7. The predicted molar refractivity (Wildman–Crippen MR) is 159 cm³/mol. The smallest absolute Gasteiger partial charge is 0.238 e. The number of Topliss-reactive ketones (excluding diaryl/α,β-unsaturated/α-hetero) is 2. The summed E-state index contributed by atoms with van der Waals surface area (Å²) >= 11 is 0. The molecule has 0 unspecified atom stereocenters. The number of ketones is 2. The second-order valence-electron chi connectivity index (χ2n) is 10.7. The molecule has 4 aromatic carbocycles. The number of carbonyl (C=O) groups excluding carboxylic acids is 3. The summed E-state index contributed by atoms with van der Waals surface area (Å²) in [6.45, 7) is 0. The van der Waals surface area contributed by atoms with Crippen LogP contribution in [0.3, 0.4) is 0 Å². The lowest BCUT2D eigenvalue weighted by Crippen LogP contribution is -2.49. The van der Waals surface area contributed by atoms with E-state index in [9.17, 15) is 14.4 Å². The molecule has 0 radical (unpaired) electrons. The first kappa shape index (κ1) is 25.8. The van der Waals surface area contributed by atoms with Gasteiger partial charge in [0, 0.05) is 23.0 Å². The van der Waals surface area contributed by atoms with E-state index in [-0.39, 0.29) is 17.5 Å². The van der Waals surface area contributed by atoms with Crippen molar-refractivity contribution in [1.82, 2.24) is 4.90 Å². The number of amides is 1. The molecular formula is C35H28N2O5. The number of rotatable bonds is 6. The molecule has 42 heavy (non-hydrogen) atoms. The van der Waals surface area contributed by atoms with E-state index in [1.165, 1.54) is 14.2 Å². The Morgan fingerprint density at radius 2 is 1.50 bits per heavy atom. The zero-order chi connectivity index (χ0) is 29.0. The largest absolute Gasteiger partial charge is 0.493 e. The van der Waals surface area contributed by atoms with Gasteiger partial charge in [-0.1, -0.05) is 72.8 Å². The van der Waals surface area contributed by atoms with Gasteiger partial charge in [0.15, 0.2) is 23.1 Å². The number of carbonyl (C=O) groups is 3. The number of ether oxygens (including phenoxy) is 2. The molecule has 4 aromatic rings. The molecule has 7 nitrogen and oxygen atoms in total. The number of fused-ring (bicyclic) bond motifs is 6. The lowest BCUT2D eigenvalue weighted by molar-refractivity contribution is -0.122. The average molecular weight is 557 g/mol.